The summed E-state index contributed by atoms with van der Waals surface area (Å²) in [6.45, 7) is 2.70. The van der Waals surface area contributed by atoms with Gasteiger partial charge < -0.3 is 10.3 Å². The molecule has 0 radical (unpaired) electrons. The van der Waals surface area contributed by atoms with Crippen LogP contribution in [0.25, 0.3) is 0 Å². The minimum Gasteiger partial charge on any atom is -0.377 e. The van der Waals surface area contributed by atoms with E-state index in [1.54, 1.807) is 6.20 Å². The van der Waals surface area contributed by atoms with Gasteiger partial charge in [0.2, 0.25) is 0 Å². The molecular formula is C13H16Cl2N4. The predicted octanol–water partition coefficient (Wildman–Crippen LogP) is 4.07. The van der Waals surface area contributed by atoms with Gasteiger partial charge in [0, 0.05) is 12.6 Å². The minimum absolute atomic E-state index is 0.448. The van der Waals surface area contributed by atoms with E-state index in [9.17, 15) is 0 Å². The van der Waals surface area contributed by atoms with Crippen LogP contribution in [0.5, 0.6) is 0 Å². The summed E-state index contributed by atoms with van der Waals surface area (Å²) in [6, 6.07) is 3.70. The lowest BCUT2D eigenvalue weighted by molar-refractivity contribution is 0.760. The van der Waals surface area contributed by atoms with Crippen molar-refractivity contribution < 1.29 is 0 Å². The van der Waals surface area contributed by atoms with Crippen LogP contribution >= 0.6 is 23.2 Å². The topological polar surface area (TPSA) is 53.6 Å². The first kappa shape index (κ1) is 14.2. The number of imidazole rings is 1. The van der Waals surface area contributed by atoms with Crippen molar-refractivity contribution in [1.29, 1.82) is 0 Å². The number of aryl methyl sites for hydroxylation is 1. The Morgan fingerprint density at radius 3 is 2.89 bits per heavy atom. The van der Waals surface area contributed by atoms with Gasteiger partial charge in [-0.15, -0.1) is 0 Å². The summed E-state index contributed by atoms with van der Waals surface area (Å²) >= 11 is 12.1. The zero-order chi connectivity index (χ0) is 13.7. The first-order valence-corrected chi connectivity index (χ1v) is 7.04. The van der Waals surface area contributed by atoms with Gasteiger partial charge in [-0.05, 0) is 18.6 Å². The number of H-pyrrole nitrogens is 1. The van der Waals surface area contributed by atoms with Gasteiger partial charge in [0.05, 0.1) is 17.9 Å². The number of nitrogens with zero attached hydrogens (tertiary/aromatic N) is 2. The monoisotopic (exact) mass is 298 g/mol. The number of rotatable bonds is 6. The lowest BCUT2D eigenvalue weighted by Gasteiger charge is -2.06. The fraction of sp³-hybridized carbons (Fsp3) is 0.385. The molecule has 0 fully saturated rings. The van der Waals surface area contributed by atoms with Crippen molar-refractivity contribution in [3.8, 4) is 0 Å². The maximum Gasteiger partial charge on any atom is 0.152 e. The van der Waals surface area contributed by atoms with Crippen molar-refractivity contribution >= 4 is 28.9 Å². The number of halogens is 2. The summed E-state index contributed by atoms with van der Waals surface area (Å²) in [6.07, 6.45) is 4.81. The lowest BCUT2D eigenvalue weighted by atomic mass is 10.2. The van der Waals surface area contributed by atoms with Crippen LogP contribution in [-0.4, -0.2) is 15.0 Å². The van der Waals surface area contributed by atoms with Crippen molar-refractivity contribution in [1.82, 2.24) is 15.0 Å². The van der Waals surface area contributed by atoms with Gasteiger partial charge in [-0.2, -0.15) is 0 Å². The molecule has 2 N–H and O–H groups in total. The summed E-state index contributed by atoms with van der Waals surface area (Å²) in [5.41, 5.74) is 1.65. The van der Waals surface area contributed by atoms with Gasteiger partial charge in [-0.25, -0.2) is 9.97 Å². The Bertz CT molecular complexity index is 539. The largest absolute Gasteiger partial charge is 0.377 e. The summed E-state index contributed by atoms with van der Waals surface area (Å²) in [7, 11) is 0. The molecule has 2 aromatic heterocycles. The first-order chi connectivity index (χ1) is 9.20. The average Bonchev–Trinajstić information content (AvgIpc) is 2.76. The van der Waals surface area contributed by atoms with Crippen LogP contribution in [-0.2, 0) is 13.0 Å². The van der Waals surface area contributed by atoms with E-state index >= 15 is 0 Å². The van der Waals surface area contributed by atoms with E-state index in [1.165, 1.54) is 0 Å². The molecule has 2 aromatic rings. The molecule has 2 rings (SSSR count). The Balaban J connectivity index is 1.99. The Morgan fingerprint density at radius 2 is 2.16 bits per heavy atom. The summed E-state index contributed by atoms with van der Waals surface area (Å²) in [5.74, 6) is 0.931. The van der Waals surface area contributed by atoms with E-state index in [1.807, 2.05) is 12.1 Å². The van der Waals surface area contributed by atoms with Crippen LogP contribution in [0.15, 0.2) is 18.3 Å². The summed E-state index contributed by atoms with van der Waals surface area (Å²) < 4.78 is 0. The van der Waals surface area contributed by atoms with Crippen LogP contribution in [0.4, 0.5) is 5.69 Å². The second-order valence-corrected chi connectivity index (χ2v) is 4.97. The second kappa shape index (κ2) is 6.78. The van der Waals surface area contributed by atoms with Gasteiger partial charge in [-0.3, -0.25) is 0 Å². The lowest BCUT2D eigenvalue weighted by Crippen LogP contribution is -2.01. The highest BCUT2D eigenvalue weighted by molar-refractivity contribution is 6.32. The summed E-state index contributed by atoms with van der Waals surface area (Å²) in [4.78, 5) is 11.5. The van der Waals surface area contributed by atoms with Gasteiger partial charge in [-0.1, -0.05) is 36.5 Å². The normalized spacial score (nSPS) is 10.7. The molecule has 0 aliphatic rings. The molecule has 0 atom stereocenters. The Kier molecular flexibility index (Phi) is 5.05. The molecule has 0 bridgehead atoms. The smallest absolute Gasteiger partial charge is 0.152 e. The molecule has 19 heavy (non-hydrogen) atoms. The van der Waals surface area contributed by atoms with Crippen molar-refractivity contribution in [2.45, 2.75) is 32.7 Å². The molecule has 102 valence electrons. The molecule has 4 nitrogen and oxygen atoms in total. The van der Waals surface area contributed by atoms with Crippen molar-refractivity contribution in [3.05, 3.63) is 40.2 Å². The van der Waals surface area contributed by atoms with Crippen molar-refractivity contribution in [2.75, 3.05) is 5.32 Å². The fourth-order valence-electron chi connectivity index (χ4n) is 1.72. The second-order valence-electron chi connectivity index (χ2n) is 4.25. The van der Waals surface area contributed by atoms with Crippen LogP contribution in [0.1, 0.15) is 31.3 Å². The van der Waals surface area contributed by atoms with Crippen LogP contribution in [0.3, 0.4) is 0 Å². The molecule has 0 amide bonds. The summed E-state index contributed by atoms with van der Waals surface area (Å²) in [5, 5.41) is 4.15. The molecule has 6 heteroatoms. The molecule has 2 heterocycles. The van der Waals surface area contributed by atoms with E-state index < -0.39 is 0 Å². The zero-order valence-corrected chi connectivity index (χ0v) is 12.2. The number of hydrogen-bond donors (Lipinski definition) is 2. The molecule has 0 aliphatic heterocycles. The zero-order valence-electron chi connectivity index (χ0n) is 10.7. The Labute approximate surface area is 122 Å². The number of nitrogens with one attached hydrogen (secondary N) is 2. The first-order valence-electron chi connectivity index (χ1n) is 6.28. The molecule has 0 spiro atoms. The SMILES string of the molecule is CCCCc1nc(Cl)c(CNc2cccnc2Cl)[nH]1. The van der Waals surface area contributed by atoms with Gasteiger partial charge in [0.1, 0.15) is 5.82 Å². The number of aromatic amines is 1. The van der Waals surface area contributed by atoms with Crippen LogP contribution < -0.4 is 5.32 Å². The standard InChI is InChI=1S/C13H16Cl2N4/c1-2-3-6-11-18-10(13(15)19-11)8-17-9-5-4-7-16-12(9)14/h4-5,7,17H,2-3,6,8H2,1H3,(H,18,19). The van der Waals surface area contributed by atoms with Gasteiger partial charge in [0.25, 0.3) is 0 Å². The predicted molar refractivity (Wildman–Crippen MR) is 78.8 cm³/mol. The van der Waals surface area contributed by atoms with E-state index in [4.69, 9.17) is 23.2 Å². The number of hydrogen-bond acceptors (Lipinski definition) is 3. The molecule has 0 saturated heterocycles. The van der Waals surface area contributed by atoms with Crippen molar-refractivity contribution in [2.24, 2.45) is 0 Å². The number of anilines is 1. The molecule has 0 aliphatic carbocycles. The highest BCUT2D eigenvalue weighted by Crippen LogP contribution is 2.20. The highest BCUT2D eigenvalue weighted by Gasteiger charge is 2.08. The quantitative estimate of drug-likeness (QED) is 0.791. The number of unbranched alkanes of at least 4 members (excludes halogenated alkanes) is 1. The van der Waals surface area contributed by atoms with Gasteiger partial charge >= 0.3 is 0 Å². The molecule has 0 unspecified atom stereocenters. The van der Waals surface area contributed by atoms with Crippen molar-refractivity contribution in [3.63, 3.8) is 0 Å². The third-order valence-corrected chi connectivity index (χ3v) is 3.37. The highest BCUT2D eigenvalue weighted by atomic mass is 35.5. The molecule has 0 saturated carbocycles. The maximum absolute atomic E-state index is 6.10. The van der Waals surface area contributed by atoms with E-state index in [0.29, 0.717) is 16.9 Å². The van der Waals surface area contributed by atoms with Crippen LogP contribution in [0, 0.1) is 0 Å². The molecule has 0 aromatic carbocycles. The Morgan fingerprint density at radius 1 is 1.32 bits per heavy atom. The van der Waals surface area contributed by atoms with E-state index in [2.05, 4.69) is 27.2 Å². The molecular weight excluding hydrogens is 283 g/mol. The average molecular weight is 299 g/mol. The maximum atomic E-state index is 6.10. The number of pyridine rings is 1. The Hall–Kier alpha value is -1.26. The third-order valence-electron chi connectivity index (χ3n) is 2.76. The van der Waals surface area contributed by atoms with Gasteiger partial charge in [0.15, 0.2) is 10.3 Å². The van der Waals surface area contributed by atoms with Crippen LogP contribution in [0.2, 0.25) is 10.3 Å². The van der Waals surface area contributed by atoms with E-state index in [-0.39, 0.29) is 0 Å². The number of aromatic nitrogens is 3. The van der Waals surface area contributed by atoms with E-state index in [0.717, 1.165) is 36.5 Å². The third kappa shape index (κ3) is 3.85. The minimum atomic E-state index is 0.448. The fourth-order valence-corrected chi connectivity index (χ4v) is 2.12.